The van der Waals surface area contributed by atoms with Gasteiger partial charge < -0.3 is 19.7 Å². The Morgan fingerprint density at radius 1 is 0.972 bits per heavy atom. The van der Waals surface area contributed by atoms with Crippen LogP contribution in [0.25, 0.3) is 10.9 Å². The summed E-state index contributed by atoms with van der Waals surface area (Å²) in [5, 5.41) is 14.6. The monoisotopic (exact) mass is 504 g/mol. The van der Waals surface area contributed by atoms with Gasteiger partial charge in [-0.05, 0) is 73.5 Å². The number of aromatic carboxylic acids is 1. The molecule has 7 nitrogen and oxygen atoms in total. The zero-order valence-electron chi connectivity index (χ0n) is 20.1. The van der Waals surface area contributed by atoms with Gasteiger partial charge in [0.1, 0.15) is 12.4 Å². The van der Waals surface area contributed by atoms with Gasteiger partial charge in [0.15, 0.2) is 5.78 Å². The number of halogens is 1. The number of nitrogens with one attached hydrogen (secondary N) is 1. The molecule has 36 heavy (non-hydrogen) atoms. The minimum atomic E-state index is -0.980. The number of hydrogen-bond donors (Lipinski definition) is 2. The van der Waals surface area contributed by atoms with Gasteiger partial charge in [-0.15, -0.1) is 0 Å². The molecule has 0 unspecified atom stereocenters. The second-order valence-electron chi connectivity index (χ2n) is 8.27. The molecule has 0 fully saturated rings. The highest BCUT2D eigenvalue weighted by atomic mass is 35.5. The van der Waals surface area contributed by atoms with Gasteiger partial charge in [0.05, 0.1) is 23.9 Å². The first-order chi connectivity index (χ1) is 17.3. The predicted molar refractivity (Wildman–Crippen MR) is 140 cm³/mol. The lowest BCUT2D eigenvalue weighted by Gasteiger charge is -2.11. The van der Waals surface area contributed by atoms with Crippen LogP contribution in [-0.4, -0.2) is 41.3 Å². The summed E-state index contributed by atoms with van der Waals surface area (Å²) in [4.78, 5) is 33.5. The van der Waals surface area contributed by atoms with Gasteiger partial charge in [-0.1, -0.05) is 28.9 Å². The number of rotatable bonds is 9. The van der Waals surface area contributed by atoms with Crippen LogP contribution in [0.3, 0.4) is 0 Å². The molecule has 8 heteroatoms. The Hall–Kier alpha value is -4.10. The Bertz CT molecular complexity index is 1450. The zero-order chi connectivity index (χ0) is 25.8. The summed E-state index contributed by atoms with van der Waals surface area (Å²) < 4.78 is 5.56. The molecule has 4 rings (SSSR count). The number of aryl methyl sites for hydroxylation is 1. The molecule has 0 atom stereocenters. The van der Waals surface area contributed by atoms with E-state index >= 15 is 0 Å². The van der Waals surface area contributed by atoms with Crippen LogP contribution in [0, 0.1) is 6.92 Å². The summed E-state index contributed by atoms with van der Waals surface area (Å²) in [7, 11) is 1.54. The van der Waals surface area contributed by atoms with Gasteiger partial charge in [0.25, 0.3) is 0 Å². The summed E-state index contributed by atoms with van der Waals surface area (Å²) >= 11 is 6.01. The van der Waals surface area contributed by atoms with Gasteiger partial charge >= 0.3 is 5.97 Å². The fourth-order valence-corrected chi connectivity index (χ4v) is 4.24. The average Bonchev–Trinajstić information content (AvgIpc) is 3.20. The van der Waals surface area contributed by atoms with Crippen LogP contribution in [0.5, 0.6) is 5.75 Å². The van der Waals surface area contributed by atoms with Crippen molar-refractivity contribution < 1.29 is 24.3 Å². The minimum Gasteiger partial charge on any atom is -0.496 e. The van der Waals surface area contributed by atoms with Crippen LogP contribution in [0.1, 0.15) is 50.0 Å². The molecule has 1 heterocycles. The summed E-state index contributed by atoms with van der Waals surface area (Å²) in [5.41, 5.74) is 5.30. The molecule has 0 saturated heterocycles. The maximum Gasteiger partial charge on any atom is 0.335 e. The van der Waals surface area contributed by atoms with Crippen LogP contribution in [0.15, 0.2) is 65.8 Å². The highest BCUT2D eigenvalue weighted by Crippen LogP contribution is 2.34. The second-order valence-corrected chi connectivity index (χ2v) is 8.71. The molecule has 0 bridgehead atoms. The van der Waals surface area contributed by atoms with Crippen molar-refractivity contribution in [3.63, 3.8) is 0 Å². The lowest BCUT2D eigenvalue weighted by Crippen LogP contribution is -2.06. The van der Waals surface area contributed by atoms with Crippen molar-refractivity contribution in [1.82, 2.24) is 4.98 Å². The van der Waals surface area contributed by atoms with Gasteiger partial charge in [0, 0.05) is 33.6 Å². The Balaban J connectivity index is 1.59. The molecule has 0 spiro atoms. The van der Waals surface area contributed by atoms with E-state index < -0.39 is 5.97 Å². The third kappa shape index (κ3) is 5.11. The summed E-state index contributed by atoms with van der Waals surface area (Å²) in [6, 6.07) is 16.9. The molecule has 184 valence electrons. The molecule has 0 aliphatic carbocycles. The number of benzene rings is 3. The lowest BCUT2D eigenvalue weighted by atomic mass is 9.95. The van der Waals surface area contributed by atoms with Crippen LogP contribution in [0.2, 0.25) is 5.02 Å². The van der Waals surface area contributed by atoms with Gasteiger partial charge in [-0.25, -0.2) is 4.79 Å². The molecule has 0 radical (unpaired) electrons. The minimum absolute atomic E-state index is 0.158. The van der Waals surface area contributed by atoms with E-state index in [1.54, 1.807) is 56.5 Å². The molecule has 0 amide bonds. The standard InChI is InChI=1S/C28H25ClN2O5/c1-16(18-4-6-20(7-5-18)28(33)34)31-36-15-14-22-17(2)30-23-12-13-24(35-3)26(25(22)23)27(32)19-8-10-21(29)11-9-19/h4-13,30H,14-15H2,1-3H3,(H,33,34). The van der Waals surface area contributed by atoms with Gasteiger partial charge in [-0.3, -0.25) is 4.79 Å². The fraction of sp³-hybridized carbons (Fsp3) is 0.179. The number of ketones is 1. The van der Waals surface area contributed by atoms with Crippen molar-refractivity contribution in [2.24, 2.45) is 5.16 Å². The predicted octanol–water partition coefficient (Wildman–Crippen LogP) is 6.05. The van der Waals surface area contributed by atoms with Gasteiger partial charge in [-0.2, -0.15) is 0 Å². The average molecular weight is 505 g/mol. The number of aromatic amines is 1. The quantitative estimate of drug-likeness (QED) is 0.125. The molecule has 2 N–H and O–H groups in total. The van der Waals surface area contributed by atoms with Crippen molar-refractivity contribution in [1.29, 1.82) is 0 Å². The molecular formula is C28H25ClN2O5. The fourth-order valence-electron chi connectivity index (χ4n) is 4.12. The number of aromatic nitrogens is 1. The Morgan fingerprint density at radius 3 is 2.25 bits per heavy atom. The normalized spacial score (nSPS) is 11.5. The third-order valence-corrected chi connectivity index (χ3v) is 6.24. The number of nitrogens with zero attached hydrogens (tertiary/aromatic N) is 1. The van der Waals surface area contributed by atoms with Crippen molar-refractivity contribution in [3.05, 3.63) is 99.2 Å². The Morgan fingerprint density at radius 2 is 1.61 bits per heavy atom. The van der Waals surface area contributed by atoms with Crippen molar-refractivity contribution in [2.45, 2.75) is 20.3 Å². The number of carbonyl (C=O) groups excluding carboxylic acids is 1. The molecular weight excluding hydrogens is 480 g/mol. The number of carboxylic acid groups (broad SMARTS) is 1. The molecule has 0 aliphatic rings. The van der Waals surface area contributed by atoms with E-state index in [2.05, 4.69) is 10.1 Å². The number of fused-ring (bicyclic) bond motifs is 1. The first-order valence-electron chi connectivity index (χ1n) is 11.3. The zero-order valence-corrected chi connectivity index (χ0v) is 20.8. The highest BCUT2D eigenvalue weighted by Gasteiger charge is 2.22. The molecule has 1 aromatic heterocycles. The van der Waals surface area contributed by atoms with E-state index in [0.717, 1.165) is 27.7 Å². The maximum atomic E-state index is 13.5. The molecule has 0 saturated carbocycles. The van der Waals surface area contributed by atoms with Crippen molar-refractivity contribution in [3.8, 4) is 5.75 Å². The van der Waals surface area contributed by atoms with Crippen LogP contribution in [0.4, 0.5) is 0 Å². The Kier molecular flexibility index (Phi) is 7.41. The topological polar surface area (TPSA) is 101 Å². The number of carbonyl (C=O) groups is 2. The smallest absolute Gasteiger partial charge is 0.335 e. The number of ether oxygens (including phenoxy) is 1. The number of oxime groups is 1. The highest BCUT2D eigenvalue weighted by molar-refractivity contribution is 6.30. The van der Waals surface area contributed by atoms with Gasteiger partial charge in [0.2, 0.25) is 0 Å². The third-order valence-electron chi connectivity index (χ3n) is 5.99. The van der Waals surface area contributed by atoms with E-state index in [1.165, 1.54) is 12.1 Å². The van der Waals surface area contributed by atoms with E-state index in [4.69, 9.17) is 26.3 Å². The number of H-pyrrole nitrogens is 1. The molecule has 3 aromatic carbocycles. The van der Waals surface area contributed by atoms with Crippen LogP contribution >= 0.6 is 11.6 Å². The van der Waals surface area contributed by atoms with E-state index in [-0.39, 0.29) is 18.0 Å². The van der Waals surface area contributed by atoms with Crippen molar-refractivity contribution >= 4 is 40.0 Å². The summed E-state index contributed by atoms with van der Waals surface area (Å²) in [6.07, 6.45) is 0.509. The number of carboxylic acids is 1. The SMILES string of the molecule is COc1ccc2[nH]c(C)c(CCON=C(C)c3ccc(C(=O)O)cc3)c2c1C(=O)c1ccc(Cl)cc1. The number of hydrogen-bond acceptors (Lipinski definition) is 5. The van der Waals surface area contributed by atoms with Crippen LogP contribution < -0.4 is 4.74 Å². The summed E-state index contributed by atoms with van der Waals surface area (Å²) in [5.74, 6) is -0.650. The maximum absolute atomic E-state index is 13.5. The summed E-state index contributed by atoms with van der Waals surface area (Å²) in [6.45, 7) is 4.03. The van der Waals surface area contributed by atoms with E-state index in [0.29, 0.717) is 34.0 Å². The number of methoxy groups -OCH3 is 1. The first kappa shape index (κ1) is 25.0. The largest absolute Gasteiger partial charge is 0.496 e. The van der Waals surface area contributed by atoms with E-state index in [9.17, 15) is 9.59 Å². The van der Waals surface area contributed by atoms with E-state index in [1.807, 2.05) is 13.0 Å². The van der Waals surface area contributed by atoms with Crippen LogP contribution in [-0.2, 0) is 11.3 Å². The molecule has 0 aliphatic heterocycles. The lowest BCUT2D eigenvalue weighted by molar-refractivity contribution is 0.0696. The second kappa shape index (κ2) is 10.7. The molecule has 4 aromatic rings. The Labute approximate surface area is 213 Å². The van der Waals surface area contributed by atoms with Crippen molar-refractivity contribution in [2.75, 3.05) is 13.7 Å². The first-order valence-corrected chi connectivity index (χ1v) is 11.7.